The predicted molar refractivity (Wildman–Crippen MR) is 28.3 cm³/mol. The number of nitrogens with zero attached hydrogens (tertiary/aromatic N) is 3. The van der Waals surface area contributed by atoms with E-state index >= 15 is 0 Å². The van der Waals surface area contributed by atoms with Crippen LogP contribution in [0.2, 0.25) is 0 Å². The van der Waals surface area contributed by atoms with Crippen molar-refractivity contribution in [2.24, 2.45) is 0 Å². The van der Waals surface area contributed by atoms with Crippen molar-refractivity contribution in [2.45, 2.75) is 0 Å². The molecule has 1 aromatic rings. The Hall–Kier alpha value is -1.43. The van der Waals surface area contributed by atoms with Crippen LogP contribution >= 0.6 is 0 Å². The molecule has 3 heteroatoms. The van der Waals surface area contributed by atoms with E-state index < -0.39 is 0 Å². The fourth-order valence-electron chi connectivity index (χ4n) is 0.350. The Labute approximate surface area is 46.8 Å². The van der Waals surface area contributed by atoms with E-state index in [1.54, 1.807) is 12.3 Å². The predicted octanol–water partition coefficient (Wildman–Crippen LogP) is 1.03. The van der Waals surface area contributed by atoms with Crippen molar-refractivity contribution in [2.75, 3.05) is 0 Å². The lowest BCUT2D eigenvalue weighted by Gasteiger charge is -1.78. The normalized spacial score (nSPS) is 7.88. The fourth-order valence-corrected chi connectivity index (χ4v) is 0.350. The van der Waals surface area contributed by atoms with Crippen LogP contribution in [0.3, 0.4) is 0 Å². The molecule has 0 aliphatic heterocycles. The van der Waals surface area contributed by atoms with Crippen molar-refractivity contribution in [1.29, 1.82) is 0 Å². The van der Waals surface area contributed by atoms with Gasteiger partial charge in [-0.3, -0.25) is 0 Å². The molecule has 0 fully saturated rings. The molecular weight excluding hydrogens is 102 g/mol. The fraction of sp³-hybridized carbons (Fsp3) is 0. The highest BCUT2D eigenvalue weighted by molar-refractivity contribution is 5.31. The summed E-state index contributed by atoms with van der Waals surface area (Å²) in [4.78, 5) is 10.3. The van der Waals surface area contributed by atoms with Crippen LogP contribution in [0.15, 0.2) is 18.6 Å². The van der Waals surface area contributed by atoms with Crippen LogP contribution < -0.4 is 0 Å². The monoisotopic (exact) mass is 105 g/mol. The van der Waals surface area contributed by atoms with Gasteiger partial charge < -0.3 is 4.85 Å². The topological polar surface area (TPSA) is 30.1 Å². The number of rotatable bonds is 0. The van der Waals surface area contributed by atoms with Gasteiger partial charge in [0.25, 0.3) is 5.82 Å². The SMILES string of the molecule is [C-]#[N+]c1ccncn1. The van der Waals surface area contributed by atoms with Gasteiger partial charge in [-0.25, -0.2) is 4.98 Å². The molecule has 0 atom stereocenters. The minimum Gasteiger partial charge on any atom is -0.361 e. The van der Waals surface area contributed by atoms with Crippen LogP contribution in [0.1, 0.15) is 0 Å². The van der Waals surface area contributed by atoms with Crippen LogP contribution in [-0.2, 0) is 0 Å². The first-order chi connectivity index (χ1) is 3.93. The van der Waals surface area contributed by atoms with Crippen molar-refractivity contribution in [3.8, 4) is 0 Å². The molecule has 0 saturated heterocycles. The quantitative estimate of drug-likeness (QED) is 0.461. The molecule has 38 valence electrons. The average molecular weight is 105 g/mol. The zero-order chi connectivity index (χ0) is 5.82. The van der Waals surface area contributed by atoms with Crippen molar-refractivity contribution in [3.05, 3.63) is 30.0 Å². The minimum atomic E-state index is 0.389. The van der Waals surface area contributed by atoms with Crippen molar-refractivity contribution >= 4 is 5.82 Å². The first-order valence-corrected chi connectivity index (χ1v) is 2.07. The number of hydrogen-bond donors (Lipinski definition) is 0. The summed E-state index contributed by atoms with van der Waals surface area (Å²) in [6.07, 6.45) is 2.90. The standard InChI is InChI=1S/C5H3N3/c1-6-5-2-3-7-4-8-5/h2-4H. The summed E-state index contributed by atoms with van der Waals surface area (Å²) in [5.41, 5.74) is 0. The number of aromatic nitrogens is 2. The summed E-state index contributed by atoms with van der Waals surface area (Å²) >= 11 is 0. The Morgan fingerprint density at radius 2 is 2.50 bits per heavy atom. The van der Waals surface area contributed by atoms with Crippen LogP contribution in [0.4, 0.5) is 5.82 Å². The van der Waals surface area contributed by atoms with Gasteiger partial charge in [0.1, 0.15) is 0 Å². The molecule has 0 aromatic carbocycles. The maximum Gasteiger partial charge on any atom is 0.272 e. The molecule has 0 unspecified atom stereocenters. The van der Waals surface area contributed by atoms with Crippen molar-refractivity contribution < 1.29 is 0 Å². The van der Waals surface area contributed by atoms with E-state index in [9.17, 15) is 0 Å². The maximum atomic E-state index is 6.48. The van der Waals surface area contributed by atoms with E-state index in [-0.39, 0.29) is 0 Å². The molecular formula is C5H3N3. The van der Waals surface area contributed by atoms with Crippen LogP contribution in [0.5, 0.6) is 0 Å². The summed E-state index contributed by atoms with van der Waals surface area (Å²) in [5, 5.41) is 0. The van der Waals surface area contributed by atoms with Gasteiger partial charge in [-0.2, -0.15) is 0 Å². The first-order valence-electron chi connectivity index (χ1n) is 2.07. The third-order valence-electron chi connectivity index (χ3n) is 0.681. The van der Waals surface area contributed by atoms with E-state index in [4.69, 9.17) is 6.57 Å². The molecule has 1 aromatic heterocycles. The van der Waals surface area contributed by atoms with Crippen molar-refractivity contribution in [1.82, 2.24) is 9.97 Å². The van der Waals surface area contributed by atoms with Gasteiger partial charge in [-0.05, 0) is 6.07 Å². The Morgan fingerprint density at radius 3 is 2.88 bits per heavy atom. The van der Waals surface area contributed by atoms with Gasteiger partial charge in [0.2, 0.25) is 6.33 Å². The second-order valence-electron chi connectivity index (χ2n) is 1.18. The molecule has 1 heterocycles. The van der Waals surface area contributed by atoms with Gasteiger partial charge in [0.05, 0.1) is 0 Å². The van der Waals surface area contributed by atoms with Gasteiger partial charge in [-0.15, -0.1) is 4.98 Å². The highest BCUT2D eigenvalue weighted by Crippen LogP contribution is 2.00. The zero-order valence-electron chi connectivity index (χ0n) is 4.07. The summed E-state index contributed by atoms with van der Waals surface area (Å²) < 4.78 is 0. The van der Waals surface area contributed by atoms with Gasteiger partial charge >= 0.3 is 0 Å². The molecule has 0 amide bonds. The molecule has 1 rings (SSSR count). The third-order valence-corrected chi connectivity index (χ3v) is 0.681. The van der Waals surface area contributed by atoms with E-state index in [1.807, 2.05) is 0 Å². The van der Waals surface area contributed by atoms with Gasteiger partial charge in [0.15, 0.2) is 0 Å². The zero-order valence-corrected chi connectivity index (χ0v) is 4.07. The second-order valence-corrected chi connectivity index (χ2v) is 1.18. The Balaban J connectivity index is 3.05. The van der Waals surface area contributed by atoms with Gasteiger partial charge in [-0.1, -0.05) is 6.57 Å². The molecule has 3 nitrogen and oxygen atoms in total. The van der Waals surface area contributed by atoms with Crippen LogP contribution in [-0.4, -0.2) is 9.97 Å². The maximum absolute atomic E-state index is 6.48. The summed E-state index contributed by atoms with van der Waals surface area (Å²) in [7, 11) is 0. The summed E-state index contributed by atoms with van der Waals surface area (Å²) in [5.74, 6) is 0.389. The van der Waals surface area contributed by atoms with Crippen LogP contribution in [0.25, 0.3) is 4.85 Å². The van der Waals surface area contributed by atoms with E-state index in [1.165, 1.54) is 6.33 Å². The lowest BCUT2D eigenvalue weighted by Crippen LogP contribution is -1.70. The summed E-state index contributed by atoms with van der Waals surface area (Å²) in [6.45, 7) is 6.48. The number of hydrogen-bond acceptors (Lipinski definition) is 2. The molecule has 0 spiro atoms. The molecule has 0 saturated carbocycles. The minimum absolute atomic E-state index is 0.389. The Morgan fingerprint density at radius 1 is 1.62 bits per heavy atom. The molecule has 0 aliphatic rings. The van der Waals surface area contributed by atoms with Gasteiger partial charge in [0, 0.05) is 6.20 Å². The average Bonchev–Trinajstić information content (AvgIpc) is 1.90. The summed E-state index contributed by atoms with van der Waals surface area (Å²) in [6, 6.07) is 1.56. The van der Waals surface area contributed by atoms with E-state index in [0.717, 1.165) is 0 Å². The third kappa shape index (κ3) is 0.793. The highest BCUT2D eigenvalue weighted by atomic mass is 14.9. The smallest absolute Gasteiger partial charge is 0.272 e. The Kier molecular flexibility index (Phi) is 1.20. The molecule has 0 aliphatic carbocycles. The lowest BCUT2D eigenvalue weighted by atomic mass is 10.6. The molecule has 0 radical (unpaired) electrons. The second kappa shape index (κ2) is 2.03. The van der Waals surface area contributed by atoms with E-state index in [0.29, 0.717) is 5.82 Å². The lowest BCUT2D eigenvalue weighted by molar-refractivity contribution is 1.18. The highest BCUT2D eigenvalue weighted by Gasteiger charge is 1.83. The first kappa shape index (κ1) is 4.72. The molecule has 0 bridgehead atoms. The Bertz CT molecular complexity index is 199. The van der Waals surface area contributed by atoms with Crippen LogP contribution in [0, 0.1) is 6.57 Å². The van der Waals surface area contributed by atoms with E-state index in [2.05, 4.69) is 14.8 Å². The largest absolute Gasteiger partial charge is 0.361 e. The molecule has 0 N–H and O–H groups in total. The van der Waals surface area contributed by atoms with Crippen molar-refractivity contribution in [3.63, 3.8) is 0 Å². The molecule has 8 heavy (non-hydrogen) atoms.